The number of aromatic nitrogens is 2. The molecule has 1 aromatic carbocycles. The molecule has 1 N–H and O–H groups in total. The van der Waals surface area contributed by atoms with E-state index in [0.29, 0.717) is 6.54 Å². The Morgan fingerprint density at radius 3 is 2.96 bits per heavy atom. The molecule has 0 atom stereocenters. The van der Waals surface area contributed by atoms with Gasteiger partial charge in [0.05, 0.1) is 17.9 Å². The van der Waals surface area contributed by atoms with Crippen LogP contribution in [0.1, 0.15) is 23.9 Å². The first kappa shape index (κ1) is 16.1. The van der Waals surface area contributed by atoms with Crippen LogP contribution in [0.25, 0.3) is 5.65 Å². The molecule has 0 bridgehead atoms. The molecule has 0 saturated heterocycles. The predicted molar refractivity (Wildman–Crippen MR) is 93.1 cm³/mol. The Balaban J connectivity index is 1.58. The number of benzene rings is 1. The summed E-state index contributed by atoms with van der Waals surface area (Å²) in [7, 11) is 0. The number of carbonyl (C=O) groups excluding carboxylic acids is 1. The minimum atomic E-state index is -0.151. The summed E-state index contributed by atoms with van der Waals surface area (Å²) in [5.41, 5.74) is 3.96. The van der Waals surface area contributed by atoms with Crippen molar-refractivity contribution in [3.8, 4) is 5.75 Å². The summed E-state index contributed by atoms with van der Waals surface area (Å²) in [5, 5.41) is 2.89. The van der Waals surface area contributed by atoms with Crippen molar-refractivity contribution < 1.29 is 9.53 Å². The molecule has 0 aliphatic heterocycles. The summed E-state index contributed by atoms with van der Waals surface area (Å²) in [6.07, 6.45) is 2.89. The third-order valence-electron chi connectivity index (χ3n) is 3.96. The summed E-state index contributed by atoms with van der Waals surface area (Å²) in [6.45, 7) is 4.46. The largest absolute Gasteiger partial charge is 0.484 e. The maximum atomic E-state index is 12.0. The fourth-order valence-electron chi connectivity index (χ4n) is 2.61. The van der Waals surface area contributed by atoms with Crippen LogP contribution in [0.2, 0.25) is 0 Å². The highest BCUT2D eigenvalue weighted by Gasteiger charge is 2.10. The topological polar surface area (TPSA) is 55.6 Å². The van der Waals surface area contributed by atoms with E-state index < -0.39 is 0 Å². The number of imidazole rings is 1. The molecule has 2 aromatic heterocycles. The number of ether oxygens (including phenoxy) is 1. The van der Waals surface area contributed by atoms with Crippen molar-refractivity contribution in [1.29, 1.82) is 0 Å². The molecule has 24 heavy (non-hydrogen) atoms. The van der Waals surface area contributed by atoms with Gasteiger partial charge >= 0.3 is 0 Å². The minimum Gasteiger partial charge on any atom is -0.484 e. The van der Waals surface area contributed by atoms with E-state index in [1.54, 1.807) is 0 Å². The molecular weight excluding hydrogens is 302 g/mol. The fraction of sp³-hybridized carbons (Fsp3) is 0.263. The number of nitrogens with one attached hydrogen (secondary N) is 1. The summed E-state index contributed by atoms with van der Waals surface area (Å²) in [4.78, 5) is 16.5. The number of hydrogen-bond acceptors (Lipinski definition) is 3. The number of amides is 1. The van der Waals surface area contributed by atoms with Gasteiger partial charge in [-0.3, -0.25) is 4.79 Å². The second-order valence-electron chi connectivity index (χ2n) is 5.64. The van der Waals surface area contributed by atoms with Crippen LogP contribution in [0.4, 0.5) is 0 Å². The van der Waals surface area contributed by atoms with Crippen LogP contribution >= 0.6 is 0 Å². The Bertz CT molecular complexity index is 855. The first-order chi connectivity index (χ1) is 11.7. The van der Waals surface area contributed by atoms with Gasteiger partial charge in [0.15, 0.2) is 6.61 Å². The highest BCUT2D eigenvalue weighted by Crippen LogP contribution is 2.14. The number of nitrogens with zero attached hydrogens (tertiary/aromatic N) is 2. The standard InChI is InChI=1S/C19H21N3O2/c1-3-15-7-6-8-16(11-15)24-13-19(23)20-12-17-14(2)21-18-9-4-5-10-22(17)18/h4-11H,3,12-13H2,1-2H3,(H,20,23). The Labute approximate surface area is 141 Å². The van der Waals surface area contributed by atoms with E-state index in [1.165, 1.54) is 5.56 Å². The third kappa shape index (κ3) is 3.56. The number of hydrogen-bond donors (Lipinski definition) is 1. The molecule has 0 unspecified atom stereocenters. The monoisotopic (exact) mass is 323 g/mol. The zero-order valence-electron chi connectivity index (χ0n) is 14.0. The number of rotatable bonds is 6. The Morgan fingerprint density at radius 1 is 1.25 bits per heavy atom. The van der Waals surface area contributed by atoms with Crippen LogP contribution in [-0.4, -0.2) is 21.9 Å². The lowest BCUT2D eigenvalue weighted by molar-refractivity contribution is -0.123. The van der Waals surface area contributed by atoms with Crippen molar-refractivity contribution in [2.45, 2.75) is 26.8 Å². The predicted octanol–water partition coefficient (Wildman–Crippen LogP) is 2.90. The van der Waals surface area contributed by atoms with Gasteiger partial charge in [0.1, 0.15) is 11.4 Å². The van der Waals surface area contributed by atoms with Gasteiger partial charge in [-0.15, -0.1) is 0 Å². The van der Waals surface area contributed by atoms with Crippen molar-refractivity contribution in [1.82, 2.24) is 14.7 Å². The van der Waals surface area contributed by atoms with Crippen LogP contribution in [0, 0.1) is 6.92 Å². The first-order valence-electron chi connectivity index (χ1n) is 8.08. The molecule has 0 aliphatic carbocycles. The van der Waals surface area contributed by atoms with E-state index in [1.807, 2.05) is 60.0 Å². The number of carbonyl (C=O) groups is 1. The second-order valence-corrected chi connectivity index (χ2v) is 5.64. The van der Waals surface area contributed by atoms with Crippen LogP contribution in [0.5, 0.6) is 5.75 Å². The van der Waals surface area contributed by atoms with Crippen LogP contribution in [0.3, 0.4) is 0 Å². The van der Waals surface area contributed by atoms with Crippen molar-refractivity contribution in [3.05, 3.63) is 65.6 Å². The summed E-state index contributed by atoms with van der Waals surface area (Å²) in [5.74, 6) is 0.567. The molecule has 3 rings (SSSR count). The zero-order valence-corrected chi connectivity index (χ0v) is 14.0. The van der Waals surface area contributed by atoms with Crippen LogP contribution < -0.4 is 10.1 Å². The summed E-state index contributed by atoms with van der Waals surface area (Å²) < 4.78 is 7.55. The lowest BCUT2D eigenvalue weighted by Gasteiger charge is -2.09. The molecule has 0 radical (unpaired) electrons. The van der Waals surface area contributed by atoms with Crippen molar-refractivity contribution in [2.75, 3.05) is 6.61 Å². The summed E-state index contributed by atoms with van der Waals surface area (Å²) in [6, 6.07) is 13.6. The molecule has 0 saturated carbocycles. The number of fused-ring (bicyclic) bond motifs is 1. The molecular formula is C19H21N3O2. The van der Waals surface area contributed by atoms with Gasteiger partial charge in [-0.05, 0) is 43.2 Å². The average Bonchev–Trinajstić information content (AvgIpc) is 2.93. The maximum absolute atomic E-state index is 12.0. The average molecular weight is 323 g/mol. The molecule has 5 heteroatoms. The highest BCUT2D eigenvalue weighted by atomic mass is 16.5. The number of pyridine rings is 1. The first-order valence-corrected chi connectivity index (χ1v) is 8.08. The van der Waals surface area contributed by atoms with Gasteiger partial charge in [0.25, 0.3) is 5.91 Å². The quantitative estimate of drug-likeness (QED) is 0.759. The Hall–Kier alpha value is -2.82. The summed E-state index contributed by atoms with van der Waals surface area (Å²) >= 11 is 0. The Kier molecular flexibility index (Phi) is 4.79. The molecule has 0 aliphatic rings. The van der Waals surface area contributed by atoms with E-state index in [-0.39, 0.29) is 12.5 Å². The van der Waals surface area contributed by atoms with Crippen LogP contribution in [0.15, 0.2) is 48.7 Å². The van der Waals surface area contributed by atoms with E-state index in [0.717, 1.165) is 29.2 Å². The fourth-order valence-corrected chi connectivity index (χ4v) is 2.61. The minimum absolute atomic E-state index is 0.00293. The molecule has 5 nitrogen and oxygen atoms in total. The van der Waals surface area contributed by atoms with Gasteiger partial charge in [-0.2, -0.15) is 0 Å². The van der Waals surface area contributed by atoms with Gasteiger partial charge in [-0.25, -0.2) is 4.98 Å². The SMILES string of the molecule is CCc1cccc(OCC(=O)NCc2c(C)nc3ccccn23)c1. The lowest BCUT2D eigenvalue weighted by atomic mass is 10.2. The van der Waals surface area contributed by atoms with E-state index >= 15 is 0 Å². The Morgan fingerprint density at radius 2 is 2.12 bits per heavy atom. The normalized spacial score (nSPS) is 10.8. The van der Waals surface area contributed by atoms with Gasteiger partial charge in [-0.1, -0.05) is 25.1 Å². The van der Waals surface area contributed by atoms with Gasteiger partial charge in [0, 0.05) is 6.20 Å². The van der Waals surface area contributed by atoms with E-state index in [2.05, 4.69) is 17.2 Å². The molecule has 3 aromatic rings. The zero-order chi connectivity index (χ0) is 16.9. The van der Waals surface area contributed by atoms with Crippen molar-refractivity contribution in [2.24, 2.45) is 0 Å². The maximum Gasteiger partial charge on any atom is 0.258 e. The third-order valence-corrected chi connectivity index (χ3v) is 3.96. The van der Waals surface area contributed by atoms with Gasteiger partial charge in [0.2, 0.25) is 0 Å². The molecule has 124 valence electrons. The molecule has 1 amide bonds. The van der Waals surface area contributed by atoms with Crippen LogP contribution in [-0.2, 0) is 17.8 Å². The molecule has 0 spiro atoms. The second kappa shape index (κ2) is 7.17. The lowest BCUT2D eigenvalue weighted by Crippen LogP contribution is -2.29. The highest BCUT2D eigenvalue weighted by molar-refractivity contribution is 5.77. The van der Waals surface area contributed by atoms with E-state index in [9.17, 15) is 4.79 Å². The van der Waals surface area contributed by atoms with E-state index in [4.69, 9.17) is 4.74 Å². The smallest absolute Gasteiger partial charge is 0.258 e. The van der Waals surface area contributed by atoms with Crippen molar-refractivity contribution in [3.63, 3.8) is 0 Å². The number of aryl methyl sites for hydroxylation is 2. The van der Waals surface area contributed by atoms with Gasteiger partial charge < -0.3 is 14.5 Å². The van der Waals surface area contributed by atoms with Crippen molar-refractivity contribution >= 4 is 11.6 Å². The molecule has 0 fully saturated rings. The molecule has 2 heterocycles.